The topological polar surface area (TPSA) is 87.2 Å². The zero-order chi connectivity index (χ0) is 22.7. The van der Waals surface area contributed by atoms with E-state index >= 15 is 0 Å². The largest absolute Gasteiger partial charge is 0.486 e. The number of H-pyrrole nitrogens is 1. The molecule has 4 rings (SSSR count). The standard InChI is InChI=1S/C22H18F3N3O3S/c23-22(24,25)16-6-8-17(9-7-16)31-13-21-27-19-10-5-14(11-20(19)28-21)18-4-2-1-3-15(18)12-26-32(29)30/h1-11,26H,12-13H2,(H,27,28)(H,29,30). The molecule has 0 aliphatic carbocycles. The number of nitrogens with zero attached hydrogens (tertiary/aromatic N) is 1. The fraction of sp³-hybridized carbons (Fsp3) is 0.136. The number of nitrogens with one attached hydrogen (secondary N) is 2. The second kappa shape index (κ2) is 9.11. The SMILES string of the molecule is O=S(O)NCc1ccccc1-c1ccc2nc(COc3ccc(C(F)(F)F)cc3)[nH]c2c1. The summed E-state index contributed by atoms with van der Waals surface area (Å²) in [6, 6.07) is 17.7. The van der Waals surface area contributed by atoms with E-state index in [4.69, 9.17) is 9.29 Å². The molecule has 0 amide bonds. The maximum Gasteiger partial charge on any atom is 0.416 e. The van der Waals surface area contributed by atoms with Crippen LogP contribution in [0.25, 0.3) is 22.2 Å². The van der Waals surface area contributed by atoms with Crippen molar-refractivity contribution in [3.8, 4) is 16.9 Å². The summed E-state index contributed by atoms with van der Waals surface area (Å²) in [6.45, 7) is 0.296. The third-order valence-corrected chi connectivity index (χ3v) is 5.19. The van der Waals surface area contributed by atoms with E-state index in [-0.39, 0.29) is 13.2 Å². The molecule has 1 atom stereocenters. The Labute approximate surface area is 183 Å². The van der Waals surface area contributed by atoms with Gasteiger partial charge in [0.1, 0.15) is 18.2 Å². The number of hydrogen-bond donors (Lipinski definition) is 3. The predicted molar refractivity (Wildman–Crippen MR) is 115 cm³/mol. The first-order valence-corrected chi connectivity index (χ1v) is 10.6. The van der Waals surface area contributed by atoms with Crippen LogP contribution in [0, 0.1) is 0 Å². The first-order valence-electron chi connectivity index (χ1n) is 9.51. The molecule has 3 aromatic carbocycles. The zero-order valence-corrected chi connectivity index (χ0v) is 17.3. The molecule has 0 radical (unpaired) electrons. The van der Waals surface area contributed by atoms with E-state index in [0.29, 0.717) is 17.1 Å². The number of fused-ring (bicyclic) bond motifs is 1. The maximum atomic E-state index is 12.7. The van der Waals surface area contributed by atoms with E-state index < -0.39 is 23.0 Å². The lowest BCUT2D eigenvalue weighted by molar-refractivity contribution is -0.137. The van der Waals surface area contributed by atoms with E-state index in [1.54, 1.807) is 0 Å². The van der Waals surface area contributed by atoms with Crippen molar-refractivity contribution in [1.82, 2.24) is 14.7 Å². The normalized spacial score (nSPS) is 12.8. The minimum Gasteiger partial charge on any atom is -0.486 e. The van der Waals surface area contributed by atoms with Gasteiger partial charge in [0.25, 0.3) is 0 Å². The third kappa shape index (κ3) is 5.16. The smallest absolute Gasteiger partial charge is 0.416 e. The molecule has 166 valence electrons. The molecule has 0 aliphatic rings. The highest BCUT2D eigenvalue weighted by Crippen LogP contribution is 2.30. The van der Waals surface area contributed by atoms with Crippen LogP contribution in [0.4, 0.5) is 13.2 Å². The Morgan fingerprint density at radius 1 is 1.06 bits per heavy atom. The predicted octanol–water partition coefficient (Wildman–Crippen LogP) is 5.05. The van der Waals surface area contributed by atoms with E-state index in [2.05, 4.69) is 14.7 Å². The van der Waals surface area contributed by atoms with Gasteiger partial charge in [0, 0.05) is 6.54 Å². The molecule has 6 nitrogen and oxygen atoms in total. The van der Waals surface area contributed by atoms with Gasteiger partial charge in [0.15, 0.2) is 0 Å². The van der Waals surface area contributed by atoms with Crippen LogP contribution >= 0.6 is 0 Å². The van der Waals surface area contributed by atoms with Crippen molar-refractivity contribution in [2.24, 2.45) is 0 Å². The van der Waals surface area contributed by atoms with Gasteiger partial charge in [-0.15, -0.1) is 0 Å². The van der Waals surface area contributed by atoms with E-state index in [0.717, 1.165) is 34.3 Å². The highest BCUT2D eigenvalue weighted by atomic mass is 32.2. The number of hydrogen-bond acceptors (Lipinski definition) is 3. The van der Waals surface area contributed by atoms with Crippen LogP contribution in [0.5, 0.6) is 5.75 Å². The summed E-state index contributed by atoms with van der Waals surface area (Å²) in [5.41, 5.74) is 3.41. The average Bonchev–Trinajstić information content (AvgIpc) is 3.18. The van der Waals surface area contributed by atoms with Crippen LogP contribution in [0.3, 0.4) is 0 Å². The summed E-state index contributed by atoms with van der Waals surface area (Å²) in [5.74, 6) is 0.838. The number of aromatic nitrogens is 2. The van der Waals surface area contributed by atoms with Gasteiger partial charge in [-0.3, -0.25) is 4.55 Å². The van der Waals surface area contributed by atoms with Crippen LogP contribution in [-0.4, -0.2) is 18.7 Å². The highest BCUT2D eigenvalue weighted by molar-refractivity contribution is 7.77. The number of imidazole rings is 1. The molecular formula is C22H18F3N3O3S. The second-order valence-electron chi connectivity index (χ2n) is 6.95. The molecule has 10 heteroatoms. The van der Waals surface area contributed by atoms with Crippen LogP contribution < -0.4 is 9.46 Å². The van der Waals surface area contributed by atoms with Crippen LogP contribution in [-0.2, 0) is 30.6 Å². The number of ether oxygens (including phenoxy) is 1. The van der Waals surface area contributed by atoms with Gasteiger partial charge in [-0.05, 0) is 53.1 Å². The average molecular weight is 461 g/mol. The monoisotopic (exact) mass is 461 g/mol. The molecule has 0 aliphatic heterocycles. The first kappa shape index (κ1) is 22.0. The Bertz CT molecular complexity index is 1260. The number of rotatable bonds is 7. The fourth-order valence-corrected chi connectivity index (χ4v) is 3.56. The summed E-state index contributed by atoms with van der Waals surface area (Å²) in [6.07, 6.45) is -4.39. The van der Waals surface area contributed by atoms with Crippen molar-refractivity contribution in [2.45, 2.75) is 19.3 Å². The highest BCUT2D eigenvalue weighted by Gasteiger charge is 2.30. The van der Waals surface area contributed by atoms with Crippen molar-refractivity contribution in [3.05, 3.63) is 83.7 Å². The number of aromatic amines is 1. The molecule has 0 bridgehead atoms. The molecule has 0 saturated carbocycles. The summed E-state index contributed by atoms with van der Waals surface area (Å²) >= 11 is -2.11. The Kier molecular flexibility index (Phi) is 6.26. The minimum absolute atomic E-state index is 0.0677. The van der Waals surface area contributed by atoms with Gasteiger partial charge in [-0.2, -0.15) is 13.2 Å². The lowest BCUT2D eigenvalue weighted by Gasteiger charge is -2.09. The van der Waals surface area contributed by atoms with Crippen molar-refractivity contribution in [3.63, 3.8) is 0 Å². The van der Waals surface area contributed by atoms with E-state index in [1.807, 2.05) is 42.5 Å². The molecule has 0 saturated heterocycles. The summed E-state index contributed by atoms with van der Waals surface area (Å²) in [4.78, 5) is 7.62. The molecule has 3 N–H and O–H groups in total. The Balaban J connectivity index is 1.51. The first-order chi connectivity index (χ1) is 15.3. The van der Waals surface area contributed by atoms with Gasteiger partial charge in [-0.25, -0.2) is 13.9 Å². The van der Waals surface area contributed by atoms with Crippen LogP contribution in [0.2, 0.25) is 0 Å². The van der Waals surface area contributed by atoms with E-state index in [1.165, 1.54) is 12.1 Å². The van der Waals surface area contributed by atoms with Crippen molar-refractivity contribution in [1.29, 1.82) is 0 Å². The Morgan fingerprint density at radius 2 is 1.81 bits per heavy atom. The van der Waals surface area contributed by atoms with E-state index in [9.17, 15) is 17.4 Å². The van der Waals surface area contributed by atoms with Gasteiger partial charge in [0.05, 0.1) is 16.6 Å². The molecule has 1 heterocycles. The van der Waals surface area contributed by atoms with Gasteiger partial charge < -0.3 is 9.72 Å². The quantitative estimate of drug-likeness (QED) is 0.336. The third-order valence-electron chi connectivity index (χ3n) is 4.80. The molecule has 0 fully saturated rings. The number of alkyl halides is 3. The number of halogens is 3. The summed E-state index contributed by atoms with van der Waals surface area (Å²) in [5, 5.41) is 0. The van der Waals surface area contributed by atoms with Crippen molar-refractivity contribution < 1.29 is 26.7 Å². The maximum absolute atomic E-state index is 12.7. The lowest BCUT2D eigenvalue weighted by atomic mass is 9.99. The molecule has 4 aromatic rings. The molecule has 1 aromatic heterocycles. The summed E-state index contributed by atoms with van der Waals surface area (Å²) < 4.78 is 66.0. The fourth-order valence-electron chi connectivity index (χ4n) is 3.29. The van der Waals surface area contributed by atoms with Crippen LogP contribution in [0.1, 0.15) is 17.0 Å². The van der Waals surface area contributed by atoms with Crippen molar-refractivity contribution >= 4 is 22.3 Å². The molecule has 0 spiro atoms. The zero-order valence-electron chi connectivity index (χ0n) is 16.5. The lowest BCUT2D eigenvalue weighted by Crippen LogP contribution is -2.15. The summed E-state index contributed by atoms with van der Waals surface area (Å²) in [7, 11) is 0. The van der Waals surface area contributed by atoms with Gasteiger partial charge in [-0.1, -0.05) is 30.3 Å². The molecular weight excluding hydrogens is 443 g/mol. The second-order valence-corrected chi connectivity index (χ2v) is 7.74. The van der Waals surface area contributed by atoms with Crippen molar-refractivity contribution in [2.75, 3.05) is 0 Å². The van der Waals surface area contributed by atoms with Crippen LogP contribution in [0.15, 0.2) is 66.7 Å². The molecule has 32 heavy (non-hydrogen) atoms. The minimum atomic E-state index is -4.39. The van der Waals surface area contributed by atoms with Gasteiger partial charge in [0.2, 0.25) is 11.3 Å². The number of benzene rings is 3. The molecule has 1 unspecified atom stereocenters. The Morgan fingerprint density at radius 3 is 2.53 bits per heavy atom. The Hall–Kier alpha value is -3.21. The van der Waals surface area contributed by atoms with Gasteiger partial charge >= 0.3 is 6.18 Å².